The van der Waals surface area contributed by atoms with Crippen LogP contribution in [0, 0.1) is 13.8 Å². The summed E-state index contributed by atoms with van der Waals surface area (Å²) in [7, 11) is 0. The summed E-state index contributed by atoms with van der Waals surface area (Å²) in [5, 5.41) is 3.93. The molecule has 0 atom stereocenters. The Morgan fingerprint density at radius 3 is 2.68 bits per heavy atom. The first kappa shape index (κ1) is 15.7. The molecule has 1 N–H and O–H groups in total. The number of nitrogens with one attached hydrogen (secondary N) is 1. The first-order chi connectivity index (χ1) is 12.1. The average Bonchev–Trinajstić information content (AvgIpc) is 3.17. The molecule has 5 nitrogen and oxygen atoms in total. The average molecular weight is 348 g/mol. The van der Waals surface area contributed by atoms with Crippen LogP contribution in [0.5, 0.6) is 0 Å². The van der Waals surface area contributed by atoms with Crippen molar-refractivity contribution in [3.63, 3.8) is 0 Å². The van der Waals surface area contributed by atoms with E-state index >= 15 is 0 Å². The summed E-state index contributed by atoms with van der Waals surface area (Å²) in [5.41, 5.74) is 5.12. The van der Waals surface area contributed by atoms with Gasteiger partial charge < -0.3 is 5.32 Å². The minimum atomic E-state index is -0.162. The molecular formula is C19H16N4OS. The lowest BCUT2D eigenvalue weighted by Crippen LogP contribution is -2.12. The number of aromatic nitrogens is 2. The third-order valence-corrected chi connectivity index (χ3v) is 5.19. The van der Waals surface area contributed by atoms with E-state index in [9.17, 15) is 4.79 Å². The summed E-state index contributed by atoms with van der Waals surface area (Å²) in [6.07, 6.45) is 4.03. The number of aryl methyl sites for hydroxylation is 2. The van der Waals surface area contributed by atoms with E-state index in [-0.39, 0.29) is 5.91 Å². The van der Waals surface area contributed by atoms with Crippen molar-refractivity contribution in [2.45, 2.75) is 20.3 Å². The topological polar surface area (TPSA) is 67.2 Å². The highest BCUT2D eigenvalue weighted by molar-refractivity contribution is 7.13. The maximum absolute atomic E-state index is 12.7. The molecule has 2 aromatic heterocycles. The summed E-state index contributed by atoms with van der Waals surface area (Å²) in [6.45, 7) is 4.00. The standard InChI is InChI=1S/C19H16N4OS/c1-11-18(25-12(2)21-11)16-10-13-4-3-5-15(17(13)23-16)19(24)22-14-6-8-20-9-7-14/h3-9H,10H2,1-2H3,(H,20,22,24). The van der Waals surface area contributed by atoms with Gasteiger partial charge in [-0.3, -0.25) is 14.8 Å². The van der Waals surface area contributed by atoms with Gasteiger partial charge in [0, 0.05) is 24.5 Å². The fraction of sp³-hybridized carbons (Fsp3) is 0.158. The number of thiazole rings is 1. The van der Waals surface area contributed by atoms with Crippen LogP contribution in [0.1, 0.15) is 31.5 Å². The zero-order chi connectivity index (χ0) is 17.4. The number of benzene rings is 1. The molecule has 0 saturated carbocycles. The van der Waals surface area contributed by atoms with E-state index in [2.05, 4.69) is 15.3 Å². The van der Waals surface area contributed by atoms with Gasteiger partial charge in [0.05, 0.1) is 32.5 Å². The Morgan fingerprint density at radius 1 is 1.16 bits per heavy atom. The van der Waals surface area contributed by atoms with Crippen LogP contribution in [0.4, 0.5) is 11.4 Å². The van der Waals surface area contributed by atoms with Crippen molar-refractivity contribution in [2.75, 3.05) is 5.32 Å². The second kappa shape index (κ2) is 6.22. The van der Waals surface area contributed by atoms with E-state index < -0.39 is 0 Å². The molecule has 1 aliphatic rings. The monoisotopic (exact) mass is 348 g/mol. The molecule has 3 heterocycles. The van der Waals surface area contributed by atoms with Gasteiger partial charge in [-0.25, -0.2) is 4.98 Å². The van der Waals surface area contributed by atoms with Crippen molar-refractivity contribution < 1.29 is 4.79 Å². The molecule has 0 aliphatic carbocycles. The van der Waals surface area contributed by atoms with Crippen LogP contribution in [-0.2, 0) is 6.42 Å². The number of nitrogens with zero attached hydrogens (tertiary/aromatic N) is 3. The predicted molar refractivity (Wildman–Crippen MR) is 100 cm³/mol. The highest BCUT2D eigenvalue weighted by atomic mass is 32.1. The second-order valence-corrected chi connectivity index (χ2v) is 7.09. The smallest absolute Gasteiger partial charge is 0.257 e. The zero-order valence-corrected chi connectivity index (χ0v) is 14.7. The number of carbonyl (C=O) groups excluding carboxylic acids is 1. The molecule has 0 unspecified atom stereocenters. The van der Waals surface area contributed by atoms with E-state index in [4.69, 9.17) is 4.99 Å². The number of rotatable bonds is 3. The van der Waals surface area contributed by atoms with Gasteiger partial charge in [0.1, 0.15) is 0 Å². The molecule has 4 rings (SSSR count). The Labute approximate surface area is 149 Å². The maximum atomic E-state index is 12.7. The minimum absolute atomic E-state index is 0.162. The summed E-state index contributed by atoms with van der Waals surface area (Å²) in [4.78, 5) is 27.0. The predicted octanol–water partition coefficient (Wildman–Crippen LogP) is 4.08. The number of aliphatic imine (C=N–C) groups is 1. The van der Waals surface area contributed by atoms with Crippen LogP contribution >= 0.6 is 11.3 Å². The van der Waals surface area contributed by atoms with Gasteiger partial charge in [0.25, 0.3) is 5.91 Å². The second-order valence-electron chi connectivity index (χ2n) is 5.89. The quantitative estimate of drug-likeness (QED) is 0.775. The number of para-hydroxylation sites is 1. The number of hydrogen-bond acceptors (Lipinski definition) is 5. The molecule has 0 saturated heterocycles. The Balaban J connectivity index is 1.68. The fourth-order valence-electron chi connectivity index (χ4n) is 2.97. The van der Waals surface area contributed by atoms with Gasteiger partial charge in [-0.1, -0.05) is 12.1 Å². The number of fused-ring (bicyclic) bond motifs is 1. The van der Waals surface area contributed by atoms with E-state index in [0.717, 1.165) is 39.0 Å². The van der Waals surface area contributed by atoms with E-state index in [0.29, 0.717) is 11.3 Å². The number of carbonyl (C=O) groups is 1. The van der Waals surface area contributed by atoms with Gasteiger partial charge in [-0.15, -0.1) is 11.3 Å². The van der Waals surface area contributed by atoms with Crippen molar-refractivity contribution >= 4 is 34.3 Å². The lowest BCUT2D eigenvalue weighted by Gasteiger charge is -2.07. The van der Waals surface area contributed by atoms with Crippen LogP contribution in [-0.4, -0.2) is 21.6 Å². The normalized spacial score (nSPS) is 12.6. The molecule has 0 bridgehead atoms. The van der Waals surface area contributed by atoms with Crippen LogP contribution in [0.3, 0.4) is 0 Å². The molecule has 1 amide bonds. The SMILES string of the molecule is Cc1nc(C)c(C2=Nc3c(cccc3C(=O)Nc3ccncc3)C2)s1. The van der Waals surface area contributed by atoms with Gasteiger partial charge in [-0.2, -0.15) is 0 Å². The Hall–Kier alpha value is -2.86. The largest absolute Gasteiger partial charge is 0.322 e. The number of pyridine rings is 1. The first-order valence-electron chi connectivity index (χ1n) is 7.97. The Bertz CT molecular complexity index is 992. The molecule has 1 aromatic carbocycles. The van der Waals surface area contributed by atoms with Crippen LogP contribution in [0.15, 0.2) is 47.7 Å². The van der Waals surface area contributed by atoms with Crippen LogP contribution < -0.4 is 5.32 Å². The number of anilines is 1. The fourth-order valence-corrected chi connectivity index (χ4v) is 3.87. The van der Waals surface area contributed by atoms with E-state index in [1.807, 2.05) is 32.0 Å². The molecule has 1 aliphatic heterocycles. The minimum Gasteiger partial charge on any atom is -0.322 e. The summed E-state index contributed by atoms with van der Waals surface area (Å²) >= 11 is 1.65. The van der Waals surface area contributed by atoms with Gasteiger partial charge in [0.2, 0.25) is 0 Å². The molecule has 3 aromatic rings. The molecule has 25 heavy (non-hydrogen) atoms. The number of amides is 1. The highest BCUT2D eigenvalue weighted by Crippen LogP contribution is 2.34. The van der Waals surface area contributed by atoms with Crippen molar-refractivity contribution in [3.8, 4) is 0 Å². The van der Waals surface area contributed by atoms with Crippen molar-refractivity contribution in [2.24, 2.45) is 4.99 Å². The van der Waals surface area contributed by atoms with Crippen molar-refractivity contribution in [3.05, 3.63) is 69.4 Å². The third kappa shape index (κ3) is 2.96. The molecule has 0 spiro atoms. The number of hydrogen-bond donors (Lipinski definition) is 1. The highest BCUT2D eigenvalue weighted by Gasteiger charge is 2.24. The van der Waals surface area contributed by atoms with Crippen LogP contribution in [0.25, 0.3) is 0 Å². The van der Waals surface area contributed by atoms with Gasteiger partial charge in [-0.05, 0) is 37.6 Å². The van der Waals surface area contributed by atoms with Gasteiger partial charge >= 0.3 is 0 Å². The zero-order valence-electron chi connectivity index (χ0n) is 13.9. The van der Waals surface area contributed by atoms with Gasteiger partial charge in [0.15, 0.2) is 0 Å². The lowest BCUT2D eigenvalue weighted by molar-refractivity contribution is 0.102. The van der Waals surface area contributed by atoms with E-state index in [1.54, 1.807) is 35.9 Å². The van der Waals surface area contributed by atoms with Crippen LogP contribution in [0.2, 0.25) is 0 Å². The summed E-state index contributed by atoms with van der Waals surface area (Å²) < 4.78 is 0. The third-order valence-electron chi connectivity index (χ3n) is 4.07. The molecule has 124 valence electrons. The lowest BCUT2D eigenvalue weighted by atomic mass is 10.0. The van der Waals surface area contributed by atoms with Crippen molar-refractivity contribution in [1.29, 1.82) is 0 Å². The Kier molecular flexibility index (Phi) is 3.89. The maximum Gasteiger partial charge on any atom is 0.257 e. The summed E-state index contributed by atoms with van der Waals surface area (Å²) in [6, 6.07) is 9.27. The van der Waals surface area contributed by atoms with Crippen molar-refractivity contribution in [1.82, 2.24) is 9.97 Å². The molecule has 0 radical (unpaired) electrons. The Morgan fingerprint density at radius 2 is 1.96 bits per heavy atom. The molecule has 0 fully saturated rings. The molecule has 6 heteroatoms. The molecular weight excluding hydrogens is 332 g/mol. The first-order valence-corrected chi connectivity index (χ1v) is 8.78. The summed E-state index contributed by atoms with van der Waals surface area (Å²) in [5.74, 6) is -0.162. The van der Waals surface area contributed by atoms with E-state index in [1.165, 1.54) is 0 Å².